The molecule has 6 nitrogen and oxygen atoms in total. The third-order valence-electron chi connectivity index (χ3n) is 3.19. The molecule has 0 saturated heterocycles. The lowest BCUT2D eigenvalue weighted by atomic mass is 10.1. The third kappa shape index (κ3) is 3.10. The van der Waals surface area contributed by atoms with Crippen molar-refractivity contribution in [2.45, 2.75) is 43.8 Å². The van der Waals surface area contributed by atoms with E-state index >= 15 is 0 Å². The summed E-state index contributed by atoms with van der Waals surface area (Å²) < 4.78 is 33.2. The smallest absolute Gasteiger partial charge is 0.347 e. The zero-order valence-corrected chi connectivity index (χ0v) is 12.1. The molecule has 1 aliphatic heterocycles. The molecule has 2 N–H and O–H groups in total. The monoisotopic (exact) mass is 299 g/mol. The van der Waals surface area contributed by atoms with E-state index in [4.69, 9.17) is 14.6 Å². The Hall–Kier alpha value is -1.60. The number of primary sulfonamides is 1. The van der Waals surface area contributed by atoms with E-state index < -0.39 is 22.1 Å². The fraction of sp³-hybridized carbons (Fsp3) is 0.462. The number of hydrogen-bond donors (Lipinski definition) is 1. The Balaban J connectivity index is 2.14. The van der Waals surface area contributed by atoms with Gasteiger partial charge in [-0.05, 0) is 37.1 Å². The Bertz CT molecular complexity index is 626. The van der Waals surface area contributed by atoms with Crippen LogP contribution in [0.4, 0.5) is 0 Å². The predicted molar refractivity (Wildman–Crippen MR) is 71.8 cm³/mol. The molecule has 1 aromatic carbocycles. The van der Waals surface area contributed by atoms with Gasteiger partial charge in [0, 0.05) is 6.42 Å². The zero-order valence-electron chi connectivity index (χ0n) is 11.3. The van der Waals surface area contributed by atoms with E-state index in [1.165, 1.54) is 18.2 Å². The van der Waals surface area contributed by atoms with Crippen molar-refractivity contribution in [3.05, 3.63) is 23.8 Å². The maximum Gasteiger partial charge on any atom is 0.347 e. The van der Waals surface area contributed by atoms with E-state index in [-0.39, 0.29) is 17.4 Å². The van der Waals surface area contributed by atoms with E-state index in [1.54, 1.807) is 6.92 Å². The van der Waals surface area contributed by atoms with E-state index in [1.807, 2.05) is 6.92 Å². The largest absolute Gasteiger partial charge is 0.478 e. The van der Waals surface area contributed by atoms with E-state index in [9.17, 15) is 13.2 Å². The molecule has 0 fully saturated rings. The second-order valence-corrected chi connectivity index (χ2v) is 6.34. The van der Waals surface area contributed by atoms with Crippen molar-refractivity contribution >= 4 is 16.0 Å². The number of sulfonamides is 1. The summed E-state index contributed by atoms with van der Waals surface area (Å²) >= 11 is 0. The standard InChI is InChI=1S/C13H17NO5S/c1-3-8(2)18-13(15)12-7-9-6-10(20(14,16)17)4-5-11(9)19-12/h4-6,8,12H,3,7H2,1-2H3,(H2,14,16,17). The zero-order chi connectivity index (χ0) is 14.9. The molecule has 1 heterocycles. The Labute approximate surface area is 117 Å². The first-order valence-electron chi connectivity index (χ1n) is 6.34. The molecule has 0 bridgehead atoms. The van der Waals surface area contributed by atoms with Crippen molar-refractivity contribution in [2.75, 3.05) is 0 Å². The number of carbonyl (C=O) groups is 1. The number of nitrogens with two attached hydrogens (primary N) is 1. The van der Waals surface area contributed by atoms with Gasteiger partial charge in [-0.2, -0.15) is 0 Å². The van der Waals surface area contributed by atoms with Crippen LogP contribution in [0.15, 0.2) is 23.1 Å². The minimum absolute atomic E-state index is 0.00999. The summed E-state index contributed by atoms with van der Waals surface area (Å²) in [7, 11) is -3.76. The maximum absolute atomic E-state index is 11.9. The van der Waals surface area contributed by atoms with Crippen molar-refractivity contribution in [2.24, 2.45) is 5.14 Å². The first kappa shape index (κ1) is 14.8. The number of rotatable bonds is 4. The molecule has 0 aliphatic carbocycles. The molecular weight excluding hydrogens is 282 g/mol. The lowest BCUT2D eigenvalue weighted by Crippen LogP contribution is -2.30. The Kier molecular flexibility index (Phi) is 4.01. The van der Waals surface area contributed by atoms with Crippen molar-refractivity contribution in [3.8, 4) is 5.75 Å². The third-order valence-corrected chi connectivity index (χ3v) is 4.10. The number of carbonyl (C=O) groups excluding carboxylic acids is 1. The molecule has 1 aliphatic rings. The summed E-state index contributed by atoms with van der Waals surface area (Å²) in [5.74, 6) is 0.0520. The van der Waals surface area contributed by atoms with Gasteiger partial charge in [0.1, 0.15) is 5.75 Å². The summed E-state index contributed by atoms with van der Waals surface area (Å²) in [6.45, 7) is 3.72. The molecular formula is C13H17NO5S. The van der Waals surface area contributed by atoms with Gasteiger partial charge in [-0.15, -0.1) is 0 Å². The van der Waals surface area contributed by atoms with Gasteiger partial charge in [-0.3, -0.25) is 0 Å². The van der Waals surface area contributed by atoms with Crippen LogP contribution in [0.1, 0.15) is 25.8 Å². The predicted octanol–water partition coefficient (Wildman–Crippen LogP) is 0.979. The fourth-order valence-electron chi connectivity index (χ4n) is 1.89. The maximum atomic E-state index is 11.9. The normalized spacial score (nSPS) is 19.1. The summed E-state index contributed by atoms with van der Waals surface area (Å²) in [4.78, 5) is 11.9. The number of benzene rings is 1. The van der Waals surface area contributed by atoms with E-state index in [2.05, 4.69) is 0 Å². The van der Waals surface area contributed by atoms with Crippen LogP contribution in [-0.2, 0) is 26.0 Å². The highest BCUT2D eigenvalue weighted by Gasteiger charge is 2.31. The van der Waals surface area contributed by atoms with Crippen LogP contribution in [0.2, 0.25) is 0 Å². The second-order valence-electron chi connectivity index (χ2n) is 4.78. The Morgan fingerprint density at radius 3 is 2.85 bits per heavy atom. The van der Waals surface area contributed by atoms with E-state index in [0.29, 0.717) is 11.3 Å². The van der Waals surface area contributed by atoms with Gasteiger partial charge in [0.2, 0.25) is 10.0 Å². The van der Waals surface area contributed by atoms with Crippen LogP contribution in [0.3, 0.4) is 0 Å². The quantitative estimate of drug-likeness (QED) is 0.836. The molecule has 20 heavy (non-hydrogen) atoms. The molecule has 2 atom stereocenters. The average molecular weight is 299 g/mol. The van der Waals surface area contributed by atoms with Gasteiger partial charge in [-0.25, -0.2) is 18.4 Å². The van der Waals surface area contributed by atoms with Gasteiger partial charge in [0.05, 0.1) is 11.0 Å². The Morgan fingerprint density at radius 1 is 1.55 bits per heavy atom. The van der Waals surface area contributed by atoms with Gasteiger partial charge in [-0.1, -0.05) is 6.92 Å². The molecule has 2 unspecified atom stereocenters. The van der Waals surface area contributed by atoms with Crippen LogP contribution < -0.4 is 9.88 Å². The Morgan fingerprint density at radius 2 is 2.25 bits per heavy atom. The SMILES string of the molecule is CCC(C)OC(=O)C1Cc2cc(S(N)(=O)=O)ccc2O1. The van der Waals surface area contributed by atoms with Crippen LogP contribution >= 0.6 is 0 Å². The van der Waals surface area contributed by atoms with Crippen molar-refractivity contribution in [1.82, 2.24) is 0 Å². The number of fused-ring (bicyclic) bond motifs is 1. The highest BCUT2D eigenvalue weighted by molar-refractivity contribution is 7.89. The van der Waals surface area contributed by atoms with Crippen LogP contribution in [-0.4, -0.2) is 26.6 Å². The van der Waals surface area contributed by atoms with E-state index in [0.717, 1.165) is 6.42 Å². The number of ether oxygens (including phenoxy) is 2. The average Bonchev–Trinajstić information content (AvgIpc) is 2.80. The van der Waals surface area contributed by atoms with Crippen LogP contribution in [0, 0.1) is 0 Å². The topological polar surface area (TPSA) is 95.7 Å². The van der Waals surface area contributed by atoms with Gasteiger partial charge < -0.3 is 9.47 Å². The van der Waals surface area contributed by atoms with Gasteiger partial charge in [0.15, 0.2) is 6.10 Å². The van der Waals surface area contributed by atoms with Crippen LogP contribution in [0.25, 0.3) is 0 Å². The molecule has 1 aromatic rings. The van der Waals surface area contributed by atoms with Crippen molar-refractivity contribution < 1.29 is 22.7 Å². The lowest BCUT2D eigenvalue weighted by molar-refractivity contribution is -0.155. The highest BCUT2D eigenvalue weighted by atomic mass is 32.2. The molecule has 0 radical (unpaired) electrons. The minimum Gasteiger partial charge on any atom is -0.478 e. The fourth-order valence-corrected chi connectivity index (χ4v) is 2.46. The summed E-state index contributed by atoms with van der Waals surface area (Å²) in [6, 6.07) is 4.29. The molecule has 7 heteroatoms. The number of hydrogen-bond acceptors (Lipinski definition) is 5. The first-order valence-corrected chi connectivity index (χ1v) is 7.88. The second kappa shape index (κ2) is 5.41. The highest BCUT2D eigenvalue weighted by Crippen LogP contribution is 2.31. The molecule has 0 saturated carbocycles. The molecule has 0 spiro atoms. The minimum atomic E-state index is -3.76. The molecule has 0 amide bonds. The number of esters is 1. The molecule has 110 valence electrons. The first-order chi connectivity index (χ1) is 9.31. The van der Waals surface area contributed by atoms with Crippen molar-refractivity contribution in [3.63, 3.8) is 0 Å². The summed E-state index contributed by atoms with van der Waals surface area (Å²) in [5, 5.41) is 5.07. The molecule has 2 rings (SSSR count). The van der Waals surface area contributed by atoms with Crippen LogP contribution in [0.5, 0.6) is 5.75 Å². The summed E-state index contributed by atoms with van der Waals surface area (Å²) in [5.41, 5.74) is 0.641. The molecule has 0 aromatic heterocycles. The van der Waals surface area contributed by atoms with Crippen molar-refractivity contribution in [1.29, 1.82) is 0 Å². The van der Waals surface area contributed by atoms with Gasteiger partial charge >= 0.3 is 5.97 Å². The summed E-state index contributed by atoms with van der Waals surface area (Å²) in [6.07, 6.45) is 0.110. The van der Waals surface area contributed by atoms with Gasteiger partial charge in [0.25, 0.3) is 0 Å². The lowest BCUT2D eigenvalue weighted by Gasteiger charge is -2.14.